The van der Waals surface area contributed by atoms with E-state index < -0.39 is 0 Å². The minimum Gasteiger partial charge on any atom is -0.491 e. The Labute approximate surface area is 165 Å². The van der Waals surface area contributed by atoms with E-state index in [4.69, 9.17) is 4.74 Å². The summed E-state index contributed by atoms with van der Waals surface area (Å²) in [5.74, 6) is 0.924. The standard InChI is InChI=1S/C23H26N2O3/c1-15(2)17-5-7-19(8-6-17)24-22(26)14-25-12-11-18-13-20(28-16(3)4)9-10-21(18)23(25)27/h5-13,15-16H,14H2,1-4H3,(H,24,26). The summed E-state index contributed by atoms with van der Waals surface area (Å²) in [6, 6.07) is 15.0. The molecule has 0 bridgehead atoms. The first-order valence-corrected chi connectivity index (χ1v) is 9.53. The number of nitrogens with one attached hydrogen (secondary N) is 1. The molecular weight excluding hydrogens is 352 g/mol. The molecule has 0 aliphatic rings. The number of fused-ring (bicyclic) bond motifs is 1. The molecule has 0 fully saturated rings. The lowest BCUT2D eigenvalue weighted by molar-refractivity contribution is -0.116. The second kappa shape index (κ2) is 8.30. The number of rotatable bonds is 6. The number of hydrogen-bond acceptors (Lipinski definition) is 3. The summed E-state index contributed by atoms with van der Waals surface area (Å²) >= 11 is 0. The zero-order valence-electron chi connectivity index (χ0n) is 16.7. The molecule has 0 unspecified atom stereocenters. The van der Waals surface area contributed by atoms with E-state index in [1.165, 1.54) is 10.1 Å². The maximum Gasteiger partial charge on any atom is 0.258 e. The third-order valence-corrected chi connectivity index (χ3v) is 4.50. The van der Waals surface area contributed by atoms with Gasteiger partial charge in [0.25, 0.3) is 5.56 Å². The average molecular weight is 378 g/mol. The van der Waals surface area contributed by atoms with Gasteiger partial charge in [0, 0.05) is 17.3 Å². The predicted molar refractivity (Wildman–Crippen MR) is 113 cm³/mol. The van der Waals surface area contributed by atoms with Crippen molar-refractivity contribution in [2.45, 2.75) is 46.3 Å². The molecule has 0 radical (unpaired) electrons. The molecule has 0 atom stereocenters. The summed E-state index contributed by atoms with van der Waals surface area (Å²) in [4.78, 5) is 25.1. The zero-order valence-corrected chi connectivity index (χ0v) is 16.7. The maximum absolute atomic E-state index is 12.7. The molecule has 28 heavy (non-hydrogen) atoms. The summed E-state index contributed by atoms with van der Waals surface area (Å²) in [5.41, 5.74) is 1.74. The van der Waals surface area contributed by atoms with Gasteiger partial charge in [-0.05, 0) is 67.1 Å². The normalized spacial score (nSPS) is 11.2. The number of benzene rings is 2. The van der Waals surface area contributed by atoms with E-state index in [1.54, 1.807) is 18.3 Å². The van der Waals surface area contributed by atoms with Gasteiger partial charge in [-0.15, -0.1) is 0 Å². The van der Waals surface area contributed by atoms with E-state index >= 15 is 0 Å². The number of amides is 1. The highest BCUT2D eigenvalue weighted by Gasteiger charge is 2.09. The molecule has 1 N–H and O–H groups in total. The minimum absolute atomic E-state index is 0.0368. The number of hydrogen-bond donors (Lipinski definition) is 1. The molecule has 0 spiro atoms. The van der Waals surface area contributed by atoms with Crippen molar-refractivity contribution in [3.8, 4) is 5.75 Å². The Morgan fingerprint density at radius 1 is 1.04 bits per heavy atom. The number of carbonyl (C=O) groups is 1. The first-order valence-electron chi connectivity index (χ1n) is 9.53. The van der Waals surface area contributed by atoms with Crippen molar-refractivity contribution in [1.29, 1.82) is 0 Å². The van der Waals surface area contributed by atoms with Gasteiger partial charge in [0.15, 0.2) is 0 Å². The number of carbonyl (C=O) groups excluding carboxylic acids is 1. The molecular formula is C23H26N2O3. The van der Waals surface area contributed by atoms with Gasteiger partial charge in [-0.2, -0.15) is 0 Å². The van der Waals surface area contributed by atoms with E-state index in [2.05, 4.69) is 19.2 Å². The SMILES string of the molecule is CC(C)Oc1ccc2c(=O)n(CC(=O)Nc3ccc(C(C)C)cc3)ccc2c1. The van der Waals surface area contributed by atoms with E-state index in [-0.39, 0.29) is 24.1 Å². The van der Waals surface area contributed by atoms with Crippen LogP contribution in [0, 0.1) is 0 Å². The van der Waals surface area contributed by atoms with Crippen LogP contribution in [0.5, 0.6) is 5.75 Å². The van der Waals surface area contributed by atoms with E-state index in [1.807, 2.05) is 50.2 Å². The Hall–Kier alpha value is -3.08. The lowest BCUT2D eigenvalue weighted by Gasteiger charge is -2.12. The summed E-state index contributed by atoms with van der Waals surface area (Å²) < 4.78 is 7.09. The number of ether oxygens (including phenoxy) is 1. The molecule has 3 rings (SSSR count). The molecule has 1 aromatic heterocycles. The zero-order chi connectivity index (χ0) is 20.3. The highest BCUT2D eigenvalue weighted by molar-refractivity contribution is 5.91. The smallest absolute Gasteiger partial charge is 0.258 e. The fraction of sp³-hybridized carbons (Fsp3) is 0.304. The van der Waals surface area contributed by atoms with Gasteiger partial charge in [-0.3, -0.25) is 9.59 Å². The Kier molecular flexibility index (Phi) is 5.83. The first-order chi connectivity index (χ1) is 13.3. The number of pyridine rings is 1. The van der Waals surface area contributed by atoms with Crippen LogP contribution < -0.4 is 15.6 Å². The Balaban J connectivity index is 1.75. The molecule has 0 aliphatic carbocycles. The summed E-state index contributed by atoms with van der Waals surface area (Å²) in [6.07, 6.45) is 1.71. The second-order valence-corrected chi connectivity index (χ2v) is 7.49. The first kappa shape index (κ1) is 19.7. The van der Waals surface area contributed by atoms with Crippen LogP contribution in [0.15, 0.2) is 59.5 Å². The number of nitrogens with zero attached hydrogens (tertiary/aromatic N) is 1. The fourth-order valence-electron chi connectivity index (χ4n) is 3.04. The Bertz CT molecular complexity index is 1030. The van der Waals surface area contributed by atoms with Gasteiger partial charge in [0.05, 0.1) is 6.10 Å². The lowest BCUT2D eigenvalue weighted by Crippen LogP contribution is -2.27. The van der Waals surface area contributed by atoms with Crippen LogP contribution in [0.25, 0.3) is 10.8 Å². The summed E-state index contributed by atoms with van der Waals surface area (Å²) in [7, 11) is 0. The van der Waals surface area contributed by atoms with E-state index in [0.29, 0.717) is 11.3 Å². The lowest BCUT2D eigenvalue weighted by atomic mass is 10.0. The quantitative estimate of drug-likeness (QED) is 0.684. The second-order valence-electron chi connectivity index (χ2n) is 7.49. The third-order valence-electron chi connectivity index (χ3n) is 4.50. The van der Waals surface area contributed by atoms with Gasteiger partial charge < -0.3 is 14.6 Å². The van der Waals surface area contributed by atoms with Gasteiger partial charge in [0.2, 0.25) is 5.91 Å². The monoisotopic (exact) mass is 378 g/mol. The van der Waals surface area contributed by atoms with Crippen LogP contribution >= 0.6 is 0 Å². The van der Waals surface area contributed by atoms with Crippen LogP contribution in [0.2, 0.25) is 0 Å². The molecule has 5 heteroatoms. The Morgan fingerprint density at radius 3 is 2.39 bits per heavy atom. The number of anilines is 1. The topological polar surface area (TPSA) is 60.3 Å². The molecule has 1 amide bonds. The molecule has 0 aliphatic heterocycles. The van der Waals surface area contributed by atoms with Gasteiger partial charge in [-0.1, -0.05) is 26.0 Å². The van der Waals surface area contributed by atoms with Gasteiger partial charge in [-0.25, -0.2) is 0 Å². The molecule has 3 aromatic rings. The van der Waals surface area contributed by atoms with Crippen LogP contribution in [0.3, 0.4) is 0 Å². The van der Waals surface area contributed by atoms with Crippen LogP contribution in [-0.4, -0.2) is 16.6 Å². The predicted octanol–water partition coefficient (Wildman–Crippen LogP) is 4.55. The van der Waals surface area contributed by atoms with Crippen LogP contribution in [-0.2, 0) is 11.3 Å². The summed E-state index contributed by atoms with van der Waals surface area (Å²) in [5, 5.41) is 4.20. The highest BCUT2D eigenvalue weighted by atomic mass is 16.5. The fourth-order valence-corrected chi connectivity index (χ4v) is 3.04. The van der Waals surface area contributed by atoms with Crippen molar-refractivity contribution in [2.75, 3.05) is 5.32 Å². The molecule has 1 heterocycles. The van der Waals surface area contributed by atoms with E-state index in [0.717, 1.165) is 16.8 Å². The molecule has 146 valence electrons. The van der Waals surface area contributed by atoms with E-state index in [9.17, 15) is 9.59 Å². The Morgan fingerprint density at radius 2 is 1.75 bits per heavy atom. The van der Waals surface area contributed by atoms with Gasteiger partial charge in [0.1, 0.15) is 12.3 Å². The number of aromatic nitrogens is 1. The molecule has 5 nitrogen and oxygen atoms in total. The highest BCUT2D eigenvalue weighted by Crippen LogP contribution is 2.20. The summed E-state index contributed by atoms with van der Waals surface area (Å²) in [6.45, 7) is 8.12. The van der Waals surface area contributed by atoms with Gasteiger partial charge >= 0.3 is 0 Å². The van der Waals surface area contributed by atoms with Crippen molar-refractivity contribution in [2.24, 2.45) is 0 Å². The largest absolute Gasteiger partial charge is 0.491 e. The molecule has 2 aromatic carbocycles. The third kappa shape index (κ3) is 4.60. The van der Waals surface area contributed by atoms with Crippen LogP contribution in [0.1, 0.15) is 39.2 Å². The average Bonchev–Trinajstić information content (AvgIpc) is 2.64. The molecule has 0 saturated heterocycles. The van der Waals surface area contributed by atoms with Crippen molar-refractivity contribution < 1.29 is 9.53 Å². The van der Waals surface area contributed by atoms with Crippen molar-refractivity contribution >= 4 is 22.4 Å². The van der Waals surface area contributed by atoms with Crippen molar-refractivity contribution in [3.05, 3.63) is 70.6 Å². The minimum atomic E-state index is -0.237. The molecule has 0 saturated carbocycles. The van der Waals surface area contributed by atoms with Crippen molar-refractivity contribution in [1.82, 2.24) is 4.57 Å². The van der Waals surface area contributed by atoms with Crippen molar-refractivity contribution in [3.63, 3.8) is 0 Å². The maximum atomic E-state index is 12.7. The van der Waals surface area contributed by atoms with Crippen LogP contribution in [0.4, 0.5) is 5.69 Å².